The third-order valence-electron chi connectivity index (χ3n) is 3.53. The van der Waals surface area contributed by atoms with Gasteiger partial charge in [0.15, 0.2) is 6.61 Å². The second-order valence-electron chi connectivity index (χ2n) is 5.24. The molecule has 2 aromatic carbocycles. The van der Waals surface area contributed by atoms with Crippen molar-refractivity contribution < 1.29 is 22.7 Å². The maximum Gasteiger partial charge on any atom is 0.416 e. The standard InChI is InChI=1S/C17H13F3N2O2S/c1-22(12-6-4-5-11(9-12)17(18,19)20)15(23)10-24-16-21-13-7-2-3-8-14(13)25-16/h2-9H,10H2,1H3. The van der Waals surface area contributed by atoms with Crippen molar-refractivity contribution in [3.05, 3.63) is 54.1 Å². The molecule has 0 aliphatic heterocycles. The van der Waals surface area contributed by atoms with Crippen molar-refractivity contribution in [3.8, 4) is 5.19 Å². The summed E-state index contributed by atoms with van der Waals surface area (Å²) in [6.45, 7) is -0.313. The van der Waals surface area contributed by atoms with Crippen LogP contribution in [0.1, 0.15) is 5.56 Å². The highest BCUT2D eigenvalue weighted by molar-refractivity contribution is 7.20. The first-order chi connectivity index (χ1) is 11.8. The van der Waals surface area contributed by atoms with Gasteiger partial charge < -0.3 is 9.64 Å². The van der Waals surface area contributed by atoms with Crippen molar-refractivity contribution in [2.24, 2.45) is 0 Å². The first-order valence-electron chi connectivity index (χ1n) is 7.27. The van der Waals surface area contributed by atoms with Crippen LogP contribution in [0.15, 0.2) is 48.5 Å². The first-order valence-corrected chi connectivity index (χ1v) is 8.08. The van der Waals surface area contributed by atoms with E-state index in [1.165, 1.54) is 30.5 Å². The van der Waals surface area contributed by atoms with E-state index >= 15 is 0 Å². The highest BCUT2D eigenvalue weighted by atomic mass is 32.1. The fourth-order valence-electron chi connectivity index (χ4n) is 2.17. The van der Waals surface area contributed by atoms with Crippen LogP contribution in [-0.2, 0) is 11.0 Å². The third-order valence-corrected chi connectivity index (χ3v) is 4.48. The van der Waals surface area contributed by atoms with Crippen molar-refractivity contribution in [3.63, 3.8) is 0 Å². The lowest BCUT2D eigenvalue weighted by Crippen LogP contribution is -2.31. The van der Waals surface area contributed by atoms with E-state index in [1.807, 2.05) is 24.3 Å². The quantitative estimate of drug-likeness (QED) is 0.689. The van der Waals surface area contributed by atoms with Crippen LogP contribution < -0.4 is 9.64 Å². The fraction of sp³-hybridized carbons (Fsp3) is 0.176. The number of carbonyl (C=O) groups excluding carboxylic acids is 1. The predicted octanol–water partition coefficient (Wildman–Crippen LogP) is 4.36. The van der Waals surface area contributed by atoms with Gasteiger partial charge in [0, 0.05) is 12.7 Å². The summed E-state index contributed by atoms with van der Waals surface area (Å²) < 4.78 is 44.6. The van der Waals surface area contributed by atoms with Crippen LogP contribution in [0.2, 0.25) is 0 Å². The van der Waals surface area contributed by atoms with Gasteiger partial charge in [0.25, 0.3) is 11.1 Å². The van der Waals surface area contributed by atoms with Crippen LogP contribution in [-0.4, -0.2) is 24.5 Å². The highest BCUT2D eigenvalue weighted by Gasteiger charge is 2.31. The topological polar surface area (TPSA) is 42.4 Å². The zero-order chi connectivity index (χ0) is 18.0. The van der Waals surface area contributed by atoms with Gasteiger partial charge in [-0.3, -0.25) is 4.79 Å². The van der Waals surface area contributed by atoms with Gasteiger partial charge in [-0.05, 0) is 30.3 Å². The Balaban J connectivity index is 1.68. The third kappa shape index (κ3) is 3.90. The summed E-state index contributed by atoms with van der Waals surface area (Å²) in [5.74, 6) is -0.474. The molecule has 3 rings (SSSR count). The molecule has 0 unspecified atom stereocenters. The summed E-state index contributed by atoms with van der Waals surface area (Å²) >= 11 is 1.30. The molecular weight excluding hydrogens is 353 g/mol. The minimum Gasteiger partial charge on any atom is -0.460 e. The number of hydrogen-bond acceptors (Lipinski definition) is 4. The number of alkyl halides is 3. The van der Waals surface area contributed by atoms with Gasteiger partial charge in [-0.1, -0.05) is 29.5 Å². The Morgan fingerprint density at radius 2 is 1.96 bits per heavy atom. The number of para-hydroxylation sites is 1. The zero-order valence-corrected chi connectivity index (χ0v) is 13.9. The van der Waals surface area contributed by atoms with Crippen LogP contribution >= 0.6 is 11.3 Å². The van der Waals surface area contributed by atoms with Crippen LogP contribution in [0.5, 0.6) is 5.19 Å². The monoisotopic (exact) mass is 366 g/mol. The molecule has 0 bridgehead atoms. The lowest BCUT2D eigenvalue weighted by Gasteiger charge is -2.18. The maximum atomic E-state index is 12.8. The Morgan fingerprint density at radius 1 is 1.20 bits per heavy atom. The lowest BCUT2D eigenvalue weighted by atomic mass is 10.2. The van der Waals surface area contributed by atoms with E-state index < -0.39 is 17.6 Å². The molecule has 0 atom stereocenters. The van der Waals surface area contributed by atoms with Crippen molar-refractivity contribution in [1.29, 1.82) is 0 Å². The van der Waals surface area contributed by atoms with E-state index in [-0.39, 0.29) is 12.3 Å². The van der Waals surface area contributed by atoms with Crippen LogP contribution in [0.25, 0.3) is 10.2 Å². The molecule has 1 heterocycles. The highest BCUT2D eigenvalue weighted by Crippen LogP contribution is 2.31. The number of likely N-dealkylation sites (N-methyl/N-ethyl adjacent to an activating group) is 1. The van der Waals surface area contributed by atoms with Gasteiger partial charge in [0.2, 0.25) is 0 Å². The molecule has 0 radical (unpaired) electrons. The van der Waals surface area contributed by atoms with E-state index in [1.54, 1.807) is 0 Å². The number of fused-ring (bicyclic) bond motifs is 1. The van der Waals surface area contributed by atoms with Crippen molar-refractivity contribution in [2.75, 3.05) is 18.6 Å². The minimum absolute atomic E-state index is 0.146. The number of thiazole rings is 1. The van der Waals surface area contributed by atoms with Crippen molar-refractivity contribution >= 4 is 33.1 Å². The number of anilines is 1. The number of halogens is 3. The largest absolute Gasteiger partial charge is 0.460 e. The zero-order valence-electron chi connectivity index (χ0n) is 13.1. The number of benzene rings is 2. The van der Waals surface area contributed by atoms with Crippen LogP contribution in [0.4, 0.5) is 18.9 Å². The molecule has 0 aliphatic carbocycles. The minimum atomic E-state index is -4.46. The van der Waals surface area contributed by atoms with Crippen LogP contribution in [0, 0.1) is 0 Å². The molecule has 0 spiro atoms. The lowest BCUT2D eigenvalue weighted by molar-refractivity contribution is -0.137. The van der Waals surface area contributed by atoms with Gasteiger partial charge in [0.05, 0.1) is 15.8 Å². The Hall–Kier alpha value is -2.61. The molecule has 25 heavy (non-hydrogen) atoms. The summed E-state index contributed by atoms with van der Waals surface area (Å²) in [7, 11) is 1.40. The number of hydrogen-bond donors (Lipinski definition) is 0. The van der Waals surface area contributed by atoms with E-state index in [4.69, 9.17) is 4.74 Å². The molecule has 0 fully saturated rings. The molecule has 4 nitrogen and oxygen atoms in total. The Labute approximate surface area is 145 Å². The summed E-state index contributed by atoms with van der Waals surface area (Å²) in [5, 5.41) is 0.340. The Bertz CT molecular complexity index is 875. The molecule has 0 aliphatic rings. The molecule has 8 heteroatoms. The van der Waals surface area contributed by atoms with Crippen molar-refractivity contribution in [2.45, 2.75) is 6.18 Å². The SMILES string of the molecule is CN(C(=O)COc1nc2ccccc2s1)c1cccc(C(F)(F)F)c1. The number of carbonyl (C=O) groups is 1. The predicted molar refractivity (Wildman–Crippen MR) is 90.0 cm³/mol. The fourth-order valence-corrected chi connectivity index (χ4v) is 2.98. The second kappa shape index (κ2) is 6.72. The normalized spacial score (nSPS) is 11.5. The molecule has 1 amide bonds. The summed E-state index contributed by atoms with van der Waals surface area (Å²) in [6.07, 6.45) is -4.46. The number of rotatable bonds is 4. The molecule has 0 N–H and O–H groups in total. The average Bonchev–Trinajstić information content (AvgIpc) is 3.01. The van der Waals surface area contributed by atoms with E-state index in [0.717, 1.165) is 27.2 Å². The Kier molecular flexibility index (Phi) is 4.63. The first kappa shape index (κ1) is 17.2. The van der Waals surface area contributed by atoms with Gasteiger partial charge in [-0.2, -0.15) is 13.2 Å². The van der Waals surface area contributed by atoms with Crippen molar-refractivity contribution in [1.82, 2.24) is 4.98 Å². The number of nitrogens with zero attached hydrogens (tertiary/aromatic N) is 2. The smallest absolute Gasteiger partial charge is 0.416 e. The summed E-state index contributed by atoms with van der Waals surface area (Å²) in [6, 6.07) is 12.0. The molecule has 0 saturated carbocycles. The molecule has 1 aromatic heterocycles. The maximum absolute atomic E-state index is 12.8. The molecular formula is C17H13F3N2O2S. The van der Waals surface area contributed by atoms with Gasteiger partial charge in [-0.25, -0.2) is 4.98 Å². The Morgan fingerprint density at radius 3 is 2.68 bits per heavy atom. The number of ether oxygens (including phenoxy) is 1. The van der Waals surface area contributed by atoms with E-state index in [9.17, 15) is 18.0 Å². The van der Waals surface area contributed by atoms with Gasteiger partial charge >= 0.3 is 6.18 Å². The van der Waals surface area contributed by atoms with E-state index in [0.29, 0.717) is 5.19 Å². The average molecular weight is 366 g/mol. The molecule has 0 saturated heterocycles. The summed E-state index contributed by atoms with van der Waals surface area (Å²) in [4.78, 5) is 17.6. The second-order valence-corrected chi connectivity index (χ2v) is 6.23. The van der Waals surface area contributed by atoms with Crippen LogP contribution in [0.3, 0.4) is 0 Å². The molecule has 130 valence electrons. The molecule has 3 aromatic rings. The van der Waals surface area contributed by atoms with Gasteiger partial charge in [-0.15, -0.1) is 0 Å². The van der Waals surface area contributed by atoms with Gasteiger partial charge in [0.1, 0.15) is 0 Å². The summed E-state index contributed by atoms with van der Waals surface area (Å²) in [5.41, 5.74) is 0.102. The van der Waals surface area contributed by atoms with E-state index in [2.05, 4.69) is 4.98 Å². The number of aromatic nitrogens is 1. The number of amides is 1.